The summed E-state index contributed by atoms with van der Waals surface area (Å²) < 4.78 is 13.4. The third-order valence-corrected chi connectivity index (χ3v) is 3.33. The molecule has 0 aromatic carbocycles. The summed E-state index contributed by atoms with van der Waals surface area (Å²) in [5.74, 6) is -1.78. The fraction of sp³-hybridized carbons (Fsp3) is 0.462. The molecule has 0 aliphatic carbocycles. The molecule has 2 heterocycles. The first-order valence-electron chi connectivity index (χ1n) is 6.19. The van der Waals surface area contributed by atoms with E-state index in [1.165, 1.54) is 18.3 Å². The Bertz CT molecular complexity index is 493. The number of carboxylic acids is 1. The van der Waals surface area contributed by atoms with Gasteiger partial charge in [0.15, 0.2) is 0 Å². The van der Waals surface area contributed by atoms with Crippen LogP contribution in [-0.4, -0.2) is 40.0 Å². The lowest BCUT2D eigenvalue weighted by Crippen LogP contribution is -2.29. The van der Waals surface area contributed by atoms with Crippen LogP contribution >= 0.6 is 0 Å². The first-order valence-corrected chi connectivity index (χ1v) is 6.19. The normalized spacial score (nSPS) is 18.6. The molecule has 2 rings (SSSR count). The van der Waals surface area contributed by atoms with Crippen molar-refractivity contribution in [3.63, 3.8) is 0 Å². The van der Waals surface area contributed by atoms with Crippen LogP contribution in [0.2, 0.25) is 0 Å². The molecule has 19 heavy (non-hydrogen) atoms. The fourth-order valence-electron chi connectivity index (χ4n) is 2.30. The second kappa shape index (κ2) is 5.77. The van der Waals surface area contributed by atoms with Crippen molar-refractivity contribution in [2.24, 2.45) is 5.92 Å². The maximum Gasteiger partial charge on any atom is 0.303 e. The van der Waals surface area contributed by atoms with Gasteiger partial charge in [0.25, 0.3) is 5.91 Å². The Kier molecular flexibility index (Phi) is 4.09. The molecule has 0 saturated carbocycles. The van der Waals surface area contributed by atoms with Crippen molar-refractivity contribution in [2.45, 2.75) is 19.3 Å². The predicted molar refractivity (Wildman–Crippen MR) is 65.1 cm³/mol. The van der Waals surface area contributed by atoms with Gasteiger partial charge in [0.1, 0.15) is 0 Å². The topological polar surface area (TPSA) is 70.5 Å². The van der Waals surface area contributed by atoms with Crippen LogP contribution in [-0.2, 0) is 4.79 Å². The van der Waals surface area contributed by atoms with E-state index in [0.717, 1.165) is 6.42 Å². The minimum atomic E-state index is -0.830. The maximum absolute atomic E-state index is 13.4. The highest BCUT2D eigenvalue weighted by atomic mass is 19.1. The number of aromatic nitrogens is 1. The van der Waals surface area contributed by atoms with Crippen molar-refractivity contribution in [1.29, 1.82) is 0 Å². The molecular weight excluding hydrogens is 251 g/mol. The predicted octanol–water partition coefficient (Wildman–Crippen LogP) is 1.55. The molecule has 1 aromatic rings. The number of rotatable bonds is 4. The molecule has 5 nitrogen and oxygen atoms in total. The maximum atomic E-state index is 13.4. The quantitative estimate of drug-likeness (QED) is 0.839. The molecule has 0 spiro atoms. The van der Waals surface area contributed by atoms with E-state index in [1.54, 1.807) is 4.90 Å². The number of carbonyl (C=O) groups is 2. The highest BCUT2D eigenvalue weighted by Crippen LogP contribution is 2.23. The molecule has 1 fully saturated rings. The zero-order chi connectivity index (χ0) is 13.8. The average Bonchev–Trinajstić information content (AvgIpc) is 2.85. The van der Waals surface area contributed by atoms with Crippen molar-refractivity contribution < 1.29 is 19.1 Å². The second-order valence-corrected chi connectivity index (χ2v) is 4.68. The fourth-order valence-corrected chi connectivity index (χ4v) is 2.30. The molecule has 1 aliphatic heterocycles. The van der Waals surface area contributed by atoms with Crippen LogP contribution in [0, 0.1) is 11.9 Å². The number of likely N-dealkylation sites (tertiary alicyclic amines) is 1. The third kappa shape index (κ3) is 3.27. The van der Waals surface area contributed by atoms with Gasteiger partial charge in [-0.2, -0.15) is 4.39 Å². The Morgan fingerprint density at radius 3 is 3.00 bits per heavy atom. The average molecular weight is 266 g/mol. The van der Waals surface area contributed by atoms with Gasteiger partial charge in [-0.15, -0.1) is 0 Å². The Morgan fingerprint density at radius 2 is 2.32 bits per heavy atom. The van der Waals surface area contributed by atoms with Gasteiger partial charge in [-0.1, -0.05) is 0 Å². The first kappa shape index (κ1) is 13.5. The summed E-state index contributed by atoms with van der Waals surface area (Å²) in [6.07, 6.45) is 2.72. The summed E-state index contributed by atoms with van der Waals surface area (Å²) in [5.41, 5.74) is -0.0265. The highest BCUT2D eigenvalue weighted by molar-refractivity contribution is 5.94. The molecule has 1 aromatic heterocycles. The number of hydrogen-bond donors (Lipinski definition) is 1. The summed E-state index contributed by atoms with van der Waals surface area (Å²) in [7, 11) is 0. The molecule has 102 valence electrons. The van der Waals surface area contributed by atoms with E-state index in [2.05, 4.69) is 4.98 Å². The first-order chi connectivity index (χ1) is 9.08. The number of aliphatic carboxylic acids is 1. The third-order valence-electron chi connectivity index (χ3n) is 3.33. The number of halogens is 1. The van der Waals surface area contributed by atoms with E-state index >= 15 is 0 Å². The van der Waals surface area contributed by atoms with Crippen LogP contribution in [0.15, 0.2) is 18.3 Å². The van der Waals surface area contributed by atoms with Crippen molar-refractivity contribution >= 4 is 11.9 Å². The molecule has 6 heteroatoms. The molecule has 1 aliphatic rings. The molecule has 0 radical (unpaired) electrons. The number of pyridine rings is 1. The van der Waals surface area contributed by atoms with Crippen LogP contribution in [0.1, 0.15) is 29.6 Å². The Labute approximate surface area is 110 Å². The summed E-state index contributed by atoms with van der Waals surface area (Å²) in [6.45, 7) is 1.03. The SMILES string of the molecule is O=C(O)CCC1CCN(C(=O)c2cccnc2F)C1. The van der Waals surface area contributed by atoms with E-state index in [9.17, 15) is 14.0 Å². The van der Waals surface area contributed by atoms with E-state index in [4.69, 9.17) is 5.11 Å². The summed E-state index contributed by atoms with van der Waals surface area (Å²) in [5, 5.41) is 8.62. The highest BCUT2D eigenvalue weighted by Gasteiger charge is 2.28. The second-order valence-electron chi connectivity index (χ2n) is 4.68. The minimum Gasteiger partial charge on any atom is -0.481 e. The Morgan fingerprint density at radius 1 is 1.53 bits per heavy atom. The number of hydrogen-bond acceptors (Lipinski definition) is 3. The lowest BCUT2D eigenvalue weighted by Gasteiger charge is -2.16. The zero-order valence-corrected chi connectivity index (χ0v) is 10.4. The summed E-state index contributed by atoms with van der Waals surface area (Å²) in [6, 6.07) is 2.93. The van der Waals surface area contributed by atoms with Crippen LogP contribution in [0.4, 0.5) is 4.39 Å². The minimum absolute atomic E-state index is 0.0265. The molecule has 1 atom stereocenters. The van der Waals surface area contributed by atoms with Crippen LogP contribution in [0.3, 0.4) is 0 Å². The van der Waals surface area contributed by atoms with Gasteiger partial charge in [0.05, 0.1) is 5.56 Å². The van der Waals surface area contributed by atoms with E-state index < -0.39 is 11.9 Å². The number of carboxylic acid groups (broad SMARTS) is 1. The Hall–Kier alpha value is -1.98. The van der Waals surface area contributed by atoms with Crippen molar-refractivity contribution in [3.8, 4) is 0 Å². The van der Waals surface area contributed by atoms with Gasteiger partial charge in [-0.05, 0) is 30.9 Å². The van der Waals surface area contributed by atoms with Crippen molar-refractivity contribution in [2.75, 3.05) is 13.1 Å². The lowest BCUT2D eigenvalue weighted by atomic mass is 10.0. The Balaban J connectivity index is 1.95. The number of nitrogens with zero attached hydrogens (tertiary/aromatic N) is 2. The molecular formula is C13H15FN2O3. The van der Waals surface area contributed by atoms with Crippen molar-refractivity contribution in [1.82, 2.24) is 9.88 Å². The standard InChI is InChI=1S/C13H15FN2O3/c14-12-10(2-1-6-15-12)13(19)16-7-5-9(8-16)3-4-11(17)18/h1-2,6,9H,3-5,7-8H2,(H,17,18). The van der Waals surface area contributed by atoms with E-state index in [0.29, 0.717) is 19.5 Å². The van der Waals surface area contributed by atoms with Crippen molar-refractivity contribution in [3.05, 3.63) is 29.8 Å². The summed E-state index contributed by atoms with van der Waals surface area (Å²) in [4.78, 5) is 27.6. The van der Waals surface area contributed by atoms with Gasteiger partial charge < -0.3 is 10.0 Å². The van der Waals surface area contributed by atoms with Crippen LogP contribution in [0.25, 0.3) is 0 Å². The lowest BCUT2D eigenvalue weighted by molar-refractivity contribution is -0.137. The van der Waals surface area contributed by atoms with E-state index in [1.807, 2.05) is 0 Å². The van der Waals surface area contributed by atoms with Crippen LogP contribution in [0.5, 0.6) is 0 Å². The molecule has 1 saturated heterocycles. The number of amides is 1. The smallest absolute Gasteiger partial charge is 0.303 e. The zero-order valence-electron chi connectivity index (χ0n) is 10.4. The van der Waals surface area contributed by atoms with Crippen LogP contribution < -0.4 is 0 Å². The monoisotopic (exact) mass is 266 g/mol. The molecule has 1 amide bonds. The largest absolute Gasteiger partial charge is 0.481 e. The van der Waals surface area contributed by atoms with Gasteiger partial charge >= 0.3 is 5.97 Å². The molecule has 0 bridgehead atoms. The van der Waals surface area contributed by atoms with Gasteiger partial charge in [-0.3, -0.25) is 9.59 Å². The van der Waals surface area contributed by atoms with E-state index in [-0.39, 0.29) is 23.8 Å². The van der Waals surface area contributed by atoms with Gasteiger partial charge in [0.2, 0.25) is 5.95 Å². The molecule has 1 unspecified atom stereocenters. The van der Waals surface area contributed by atoms with Gasteiger partial charge in [-0.25, -0.2) is 4.98 Å². The molecule has 1 N–H and O–H groups in total. The summed E-state index contributed by atoms with van der Waals surface area (Å²) >= 11 is 0. The number of carbonyl (C=O) groups excluding carboxylic acids is 1. The van der Waals surface area contributed by atoms with Gasteiger partial charge in [0, 0.05) is 25.7 Å².